The molecule has 1 heterocycles. The highest BCUT2D eigenvalue weighted by atomic mass is 16.5. The van der Waals surface area contributed by atoms with Crippen molar-refractivity contribution in [2.75, 3.05) is 26.3 Å². The monoisotopic (exact) mass is 305 g/mol. The lowest BCUT2D eigenvalue weighted by Gasteiger charge is -2.40. The van der Waals surface area contributed by atoms with Crippen molar-refractivity contribution in [3.05, 3.63) is 29.3 Å². The molecule has 0 spiro atoms. The van der Waals surface area contributed by atoms with Crippen LogP contribution in [0.5, 0.6) is 5.75 Å². The third-order valence-corrected chi connectivity index (χ3v) is 5.01. The second-order valence-corrected chi connectivity index (χ2v) is 6.40. The quantitative estimate of drug-likeness (QED) is 0.910. The molecule has 4 heteroatoms. The van der Waals surface area contributed by atoms with E-state index >= 15 is 0 Å². The maximum absolute atomic E-state index is 12.3. The van der Waals surface area contributed by atoms with Crippen molar-refractivity contribution in [3.8, 4) is 5.75 Å². The molecular formula is C18H27NO3. The summed E-state index contributed by atoms with van der Waals surface area (Å²) in [6.07, 6.45) is 2.70. The number of nitrogens with zero attached hydrogens (tertiary/aromatic N) is 1. The molecule has 0 aliphatic carbocycles. The lowest BCUT2D eigenvalue weighted by atomic mass is 9.77. The third-order valence-electron chi connectivity index (χ3n) is 5.01. The molecule has 1 aromatic carbocycles. The minimum atomic E-state index is 0.00421. The molecule has 0 unspecified atom stereocenters. The van der Waals surface area contributed by atoms with Crippen LogP contribution in [0.2, 0.25) is 0 Å². The van der Waals surface area contributed by atoms with Crippen LogP contribution in [-0.4, -0.2) is 42.2 Å². The summed E-state index contributed by atoms with van der Waals surface area (Å²) in [7, 11) is 0. The Balaban J connectivity index is 1.89. The first-order chi connectivity index (χ1) is 10.5. The zero-order valence-corrected chi connectivity index (χ0v) is 13.9. The highest BCUT2D eigenvalue weighted by Crippen LogP contribution is 2.34. The molecule has 1 saturated heterocycles. The number of rotatable bonds is 5. The number of aliphatic hydroxyl groups is 1. The van der Waals surface area contributed by atoms with Crippen LogP contribution >= 0.6 is 0 Å². The van der Waals surface area contributed by atoms with E-state index in [0.717, 1.165) is 36.1 Å². The van der Waals surface area contributed by atoms with E-state index in [1.807, 2.05) is 36.9 Å². The van der Waals surface area contributed by atoms with Gasteiger partial charge >= 0.3 is 0 Å². The van der Waals surface area contributed by atoms with Crippen LogP contribution in [-0.2, 0) is 4.79 Å². The summed E-state index contributed by atoms with van der Waals surface area (Å²) in [5.41, 5.74) is 2.11. The van der Waals surface area contributed by atoms with Crippen LogP contribution in [0.1, 0.15) is 37.3 Å². The zero-order chi connectivity index (χ0) is 16.2. The Hall–Kier alpha value is -1.55. The largest absolute Gasteiger partial charge is 0.483 e. The van der Waals surface area contributed by atoms with Gasteiger partial charge in [-0.2, -0.15) is 0 Å². The number of piperidine rings is 1. The van der Waals surface area contributed by atoms with Crippen molar-refractivity contribution < 1.29 is 14.6 Å². The Kier molecular flexibility index (Phi) is 5.46. The maximum Gasteiger partial charge on any atom is 0.260 e. The molecule has 0 bridgehead atoms. The van der Waals surface area contributed by atoms with Gasteiger partial charge in [0.1, 0.15) is 5.75 Å². The summed E-state index contributed by atoms with van der Waals surface area (Å²) in [5, 5.41) is 9.55. The van der Waals surface area contributed by atoms with E-state index in [1.165, 1.54) is 0 Å². The standard InChI is InChI=1S/C18H27NO3/c1-4-18(13-20)8-10-19(11-9-18)16(21)12-22-17-14(2)6-5-7-15(17)3/h5-7,20H,4,8-13H2,1-3H3. The molecule has 0 aromatic heterocycles. The van der Waals surface area contributed by atoms with E-state index in [9.17, 15) is 9.90 Å². The lowest BCUT2D eigenvalue weighted by Crippen LogP contribution is -2.46. The molecule has 122 valence electrons. The Morgan fingerprint density at radius 1 is 1.27 bits per heavy atom. The minimum absolute atomic E-state index is 0.00421. The van der Waals surface area contributed by atoms with Gasteiger partial charge in [-0.3, -0.25) is 4.79 Å². The van der Waals surface area contributed by atoms with Crippen molar-refractivity contribution >= 4 is 5.91 Å². The van der Waals surface area contributed by atoms with Crippen molar-refractivity contribution in [2.24, 2.45) is 5.41 Å². The summed E-state index contributed by atoms with van der Waals surface area (Å²) in [5.74, 6) is 0.844. The van der Waals surface area contributed by atoms with Crippen molar-refractivity contribution in [3.63, 3.8) is 0 Å². The fraction of sp³-hybridized carbons (Fsp3) is 0.611. The van der Waals surface area contributed by atoms with Gasteiger partial charge in [-0.05, 0) is 49.7 Å². The summed E-state index contributed by atoms with van der Waals surface area (Å²) in [6, 6.07) is 5.97. The summed E-state index contributed by atoms with van der Waals surface area (Å²) < 4.78 is 5.75. The molecule has 2 rings (SSSR count). The Morgan fingerprint density at radius 2 is 1.86 bits per heavy atom. The SMILES string of the molecule is CCC1(CO)CCN(C(=O)COc2c(C)cccc2C)CC1. The predicted molar refractivity (Wildman–Crippen MR) is 87.0 cm³/mol. The van der Waals surface area contributed by atoms with E-state index in [4.69, 9.17) is 4.74 Å². The van der Waals surface area contributed by atoms with Crippen molar-refractivity contribution in [1.82, 2.24) is 4.90 Å². The fourth-order valence-electron chi connectivity index (χ4n) is 3.11. The van der Waals surface area contributed by atoms with Gasteiger partial charge in [-0.25, -0.2) is 0 Å². The van der Waals surface area contributed by atoms with Gasteiger partial charge in [0.15, 0.2) is 6.61 Å². The molecule has 4 nitrogen and oxygen atoms in total. The molecule has 0 radical (unpaired) electrons. The van der Waals surface area contributed by atoms with Gasteiger partial charge in [0.05, 0.1) is 0 Å². The molecule has 0 saturated carbocycles. The maximum atomic E-state index is 12.3. The molecule has 1 aliphatic rings. The topological polar surface area (TPSA) is 49.8 Å². The van der Waals surface area contributed by atoms with Crippen LogP contribution in [0.25, 0.3) is 0 Å². The van der Waals surface area contributed by atoms with E-state index in [0.29, 0.717) is 13.1 Å². The molecule has 1 N–H and O–H groups in total. The smallest absolute Gasteiger partial charge is 0.260 e. The van der Waals surface area contributed by atoms with Gasteiger partial charge in [0.25, 0.3) is 5.91 Å². The average Bonchev–Trinajstić information content (AvgIpc) is 2.54. The van der Waals surface area contributed by atoms with E-state index in [-0.39, 0.29) is 24.5 Å². The number of aryl methyl sites for hydroxylation is 2. The fourth-order valence-corrected chi connectivity index (χ4v) is 3.11. The van der Waals surface area contributed by atoms with E-state index in [1.54, 1.807) is 0 Å². The number of amides is 1. The summed E-state index contributed by atoms with van der Waals surface area (Å²) in [6.45, 7) is 7.81. The number of carbonyl (C=O) groups excluding carboxylic acids is 1. The number of ether oxygens (including phenoxy) is 1. The third kappa shape index (κ3) is 3.61. The van der Waals surface area contributed by atoms with Crippen LogP contribution in [0.4, 0.5) is 0 Å². The number of benzene rings is 1. The molecule has 1 fully saturated rings. The Labute approximate surface area is 133 Å². The number of carbonyl (C=O) groups is 1. The number of hydrogen-bond donors (Lipinski definition) is 1. The highest BCUT2D eigenvalue weighted by Gasteiger charge is 2.33. The van der Waals surface area contributed by atoms with Crippen LogP contribution < -0.4 is 4.74 Å². The number of para-hydroxylation sites is 1. The van der Waals surface area contributed by atoms with Crippen molar-refractivity contribution in [1.29, 1.82) is 0 Å². The molecule has 22 heavy (non-hydrogen) atoms. The molecular weight excluding hydrogens is 278 g/mol. The van der Waals surface area contributed by atoms with Crippen LogP contribution in [0, 0.1) is 19.3 Å². The minimum Gasteiger partial charge on any atom is -0.483 e. The summed E-state index contributed by atoms with van der Waals surface area (Å²) in [4.78, 5) is 14.2. The van der Waals surface area contributed by atoms with Gasteiger partial charge in [-0.15, -0.1) is 0 Å². The molecule has 1 aromatic rings. The Bertz CT molecular complexity index is 493. The first kappa shape index (κ1) is 16.8. The van der Waals surface area contributed by atoms with Gasteiger partial charge < -0.3 is 14.7 Å². The second-order valence-electron chi connectivity index (χ2n) is 6.40. The van der Waals surface area contributed by atoms with Crippen molar-refractivity contribution in [2.45, 2.75) is 40.0 Å². The number of aliphatic hydroxyl groups excluding tert-OH is 1. The zero-order valence-electron chi connectivity index (χ0n) is 13.9. The Morgan fingerprint density at radius 3 is 2.36 bits per heavy atom. The summed E-state index contributed by atoms with van der Waals surface area (Å²) >= 11 is 0. The first-order valence-electron chi connectivity index (χ1n) is 8.09. The number of likely N-dealkylation sites (tertiary alicyclic amines) is 1. The second kappa shape index (κ2) is 7.14. The van der Waals surface area contributed by atoms with E-state index in [2.05, 4.69) is 6.92 Å². The normalized spacial score (nSPS) is 17.4. The van der Waals surface area contributed by atoms with Crippen LogP contribution in [0.15, 0.2) is 18.2 Å². The van der Waals surface area contributed by atoms with E-state index < -0.39 is 0 Å². The predicted octanol–water partition coefficient (Wildman–Crippen LogP) is 2.69. The van der Waals surface area contributed by atoms with Gasteiger partial charge in [0, 0.05) is 19.7 Å². The first-order valence-corrected chi connectivity index (χ1v) is 8.09. The van der Waals surface area contributed by atoms with Gasteiger partial charge in [0.2, 0.25) is 0 Å². The molecule has 1 amide bonds. The number of hydrogen-bond acceptors (Lipinski definition) is 3. The average molecular weight is 305 g/mol. The molecule has 1 aliphatic heterocycles. The van der Waals surface area contributed by atoms with Gasteiger partial charge in [-0.1, -0.05) is 25.1 Å². The van der Waals surface area contributed by atoms with Crippen LogP contribution in [0.3, 0.4) is 0 Å². The molecule has 0 atom stereocenters. The highest BCUT2D eigenvalue weighted by molar-refractivity contribution is 5.78. The lowest BCUT2D eigenvalue weighted by molar-refractivity contribution is -0.136.